The molecule has 0 spiro atoms. The highest BCUT2D eigenvalue weighted by Crippen LogP contribution is 2.19. The van der Waals surface area contributed by atoms with Gasteiger partial charge in [-0.15, -0.1) is 0 Å². The van der Waals surface area contributed by atoms with Crippen molar-refractivity contribution in [3.05, 3.63) is 29.6 Å². The molecule has 2 N–H and O–H groups in total. The lowest BCUT2D eigenvalue weighted by Gasteiger charge is -2.16. The minimum absolute atomic E-state index is 0.0386. The van der Waals surface area contributed by atoms with Gasteiger partial charge in [0.2, 0.25) is 0 Å². The Balaban J connectivity index is 2.93. The number of aromatic nitrogens is 1. The van der Waals surface area contributed by atoms with Crippen molar-refractivity contribution in [1.29, 1.82) is 5.26 Å². The number of hydrogen-bond acceptors (Lipinski definition) is 6. The maximum Gasteiger partial charge on any atom is 0.338 e. The van der Waals surface area contributed by atoms with Crippen molar-refractivity contribution >= 4 is 5.97 Å². The van der Waals surface area contributed by atoms with Crippen molar-refractivity contribution in [2.45, 2.75) is 19.1 Å². The molecule has 0 radical (unpaired) electrons. The average molecular weight is 236 g/mol. The van der Waals surface area contributed by atoms with E-state index in [9.17, 15) is 15.0 Å². The van der Waals surface area contributed by atoms with Crippen LogP contribution in [0.3, 0.4) is 0 Å². The fourth-order valence-corrected chi connectivity index (χ4v) is 1.28. The van der Waals surface area contributed by atoms with Crippen LogP contribution in [0.25, 0.3) is 0 Å². The third-order valence-corrected chi connectivity index (χ3v) is 2.09. The quantitative estimate of drug-likeness (QED) is 0.708. The summed E-state index contributed by atoms with van der Waals surface area (Å²) in [6.07, 6.45) is -1.88. The minimum Gasteiger partial charge on any atom is -0.464 e. The van der Waals surface area contributed by atoms with Gasteiger partial charge in [-0.2, -0.15) is 5.26 Å². The van der Waals surface area contributed by atoms with Gasteiger partial charge >= 0.3 is 5.97 Å². The lowest BCUT2D eigenvalue weighted by atomic mass is 10.0. The highest BCUT2D eigenvalue weighted by Gasteiger charge is 2.28. The molecule has 2 unspecified atom stereocenters. The summed E-state index contributed by atoms with van der Waals surface area (Å²) < 4.78 is 4.57. The molecule has 0 saturated carbocycles. The van der Waals surface area contributed by atoms with E-state index in [2.05, 4.69) is 9.72 Å². The summed E-state index contributed by atoms with van der Waals surface area (Å²) >= 11 is 0. The number of nitrogens with zero attached hydrogens (tertiary/aromatic N) is 2. The van der Waals surface area contributed by atoms with Crippen LogP contribution in [0.15, 0.2) is 18.3 Å². The summed E-state index contributed by atoms with van der Waals surface area (Å²) in [6.45, 7) is 1.68. The summed E-state index contributed by atoms with van der Waals surface area (Å²) in [7, 11) is 0. The molecule has 0 saturated heterocycles. The first-order chi connectivity index (χ1) is 8.11. The smallest absolute Gasteiger partial charge is 0.338 e. The van der Waals surface area contributed by atoms with Crippen LogP contribution in [-0.2, 0) is 9.53 Å². The summed E-state index contributed by atoms with van der Waals surface area (Å²) in [6, 6.07) is 4.68. The molecular formula is C11H12N2O4. The van der Waals surface area contributed by atoms with E-state index in [0.29, 0.717) is 0 Å². The van der Waals surface area contributed by atoms with E-state index in [4.69, 9.17) is 5.26 Å². The highest BCUT2D eigenvalue weighted by molar-refractivity contribution is 5.75. The molecule has 1 aromatic rings. The highest BCUT2D eigenvalue weighted by atomic mass is 16.5. The van der Waals surface area contributed by atoms with Gasteiger partial charge < -0.3 is 14.9 Å². The van der Waals surface area contributed by atoms with Crippen molar-refractivity contribution in [2.75, 3.05) is 6.61 Å². The maximum absolute atomic E-state index is 11.2. The molecule has 1 aromatic heterocycles. The van der Waals surface area contributed by atoms with Gasteiger partial charge in [0, 0.05) is 11.8 Å². The summed E-state index contributed by atoms with van der Waals surface area (Å²) in [5.74, 6) is -0.937. The van der Waals surface area contributed by atoms with Crippen LogP contribution in [0.1, 0.15) is 24.3 Å². The molecule has 0 amide bonds. The Bertz CT molecular complexity index is 441. The van der Waals surface area contributed by atoms with Gasteiger partial charge in [-0.3, -0.25) is 0 Å². The van der Waals surface area contributed by atoms with Crippen molar-refractivity contribution in [2.24, 2.45) is 0 Å². The van der Waals surface area contributed by atoms with Crippen molar-refractivity contribution in [3.63, 3.8) is 0 Å². The van der Waals surface area contributed by atoms with Crippen LogP contribution in [0.2, 0.25) is 0 Å². The maximum atomic E-state index is 11.2. The van der Waals surface area contributed by atoms with E-state index < -0.39 is 18.2 Å². The molecule has 90 valence electrons. The Labute approximate surface area is 98.1 Å². The monoisotopic (exact) mass is 236 g/mol. The van der Waals surface area contributed by atoms with Crippen molar-refractivity contribution in [1.82, 2.24) is 4.98 Å². The second kappa shape index (κ2) is 5.94. The fraction of sp³-hybridized carbons (Fsp3) is 0.364. The normalized spacial score (nSPS) is 13.5. The molecule has 0 bridgehead atoms. The zero-order valence-electron chi connectivity index (χ0n) is 9.20. The Morgan fingerprint density at radius 1 is 1.65 bits per heavy atom. The molecule has 2 atom stereocenters. The Morgan fingerprint density at radius 3 is 2.94 bits per heavy atom. The van der Waals surface area contributed by atoms with E-state index >= 15 is 0 Å². The number of nitriles is 1. The molecule has 1 heterocycles. The molecule has 6 nitrogen and oxygen atoms in total. The van der Waals surface area contributed by atoms with Crippen molar-refractivity contribution < 1.29 is 19.7 Å². The first-order valence-electron chi connectivity index (χ1n) is 4.99. The van der Waals surface area contributed by atoms with Gasteiger partial charge in [0.15, 0.2) is 6.10 Å². The number of aliphatic hydroxyl groups excluding tert-OH is 2. The lowest BCUT2D eigenvalue weighted by molar-refractivity contribution is -0.159. The van der Waals surface area contributed by atoms with Crippen LogP contribution >= 0.6 is 0 Å². The molecule has 0 aliphatic carbocycles. The number of esters is 1. The third kappa shape index (κ3) is 3.00. The average Bonchev–Trinajstić information content (AvgIpc) is 2.37. The van der Waals surface area contributed by atoms with E-state index in [-0.39, 0.29) is 17.9 Å². The SMILES string of the molecule is CCOC(=O)C(O)C(O)c1cccnc1C#N. The Kier molecular flexibility index (Phi) is 4.57. The molecule has 0 aliphatic heterocycles. The third-order valence-electron chi connectivity index (χ3n) is 2.09. The van der Waals surface area contributed by atoms with E-state index in [1.54, 1.807) is 13.0 Å². The van der Waals surface area contributed by atoms with Crippen LogP contribution in [-0.4, -0.2) is 33.9 Å². The molecule has 6 heteroatoms. The first-order valence-corrected chi connectivity index (χ1v) is 4.99. The second-order valence-electron chi connectivity index (χ2n) is 3.19. The van der Waals surface area contributed by atoms with E-state index in [0.717, 1.165) is 0 Å². The number of ether oxygens (including phenoxy) is 1. The Hall–Kier alpha value is -1.97. The second-order valence-corrected chi connectivity index (χ2v) is 3.19. The number of carbonyl (C=O) groups is 1. The minimum atomic E-state index is -1.73. The number of hydrogen-bond donors (Lipinski definition) is 2. The van der Waals surface area contributed by atoms with E-state index in [1.807, 2.05) is 0 Å². The fourth-order valence-electron chi connectivity index (χ4n) is 1.28. The number of aliphatic hydroxyl groups is 2. The zero-order chi connectivity index (χ0) is 12.8. The van der Waals surface area contributed by atoms with Gasteiger partial charge in [-0.25, -0.2) is 9.78 Å². The Morgan fingerprint density at radius 2 is 2.35 bits per heavy atom. The lowest BCUT2D eigenvalue weighted by Crippen LogP contribution is -2.30. The number of pyridine rings is 1. The van der Waals surface area contributed by atoms with Crippen LogP contribution < -0.4 is 0 Å². The van der Waals surface area contributed by atoms with Crippen molar-refractivity contribution in [3.8, 4) is 6.07 Å². The van der Waals surface area contributed by atoms with Crippen LogP contribution in [0.5, 0.6) is 0 Å². The standard InChI is InChI=1S/C11H12N2O4/c1-2-17-11(16)10(15)9(14)7-4-3-5-13-8(7)6-12/h3-5,9-10,14-15H,2H2,1H3. The van der Waals surface area contributed by atoms with E-state index in [1.165, 1.54) is 18.3 Å². The number of rotatable bonds is 4. The summed E-state index contributed by atoms with van der Waals surface area (Å²) in [4.78, 5) is 14.9. The van der Waals surface area contributed by atoms with Gasteiger partial charge in [-0.05, 0) is 13.0 Å². The summed E-state index contributed by atoms with van der Waals surface area (Å²) in [5, 5.41) is 28.1. The molecular weight excluding hydrogens is 224 g/mol. The van der Waals surface area contributed by atoms with Gasteiger partial charge in [0.05, 0.1) is 6.61 Å². The largest absolute Gasteiger partial charge is 0.464 e. The van der Waals surface area contributed by atoms with Gasteiger partial charge in [0.25, 0.3) is 0 Å². The molecule has 17 heavy (non-hydrogen) atoms. The molecule has 0 aliphatic rings. The summed E-state index contributed by atoms with van der Waals surface area (Å²) in [5.41, 5.74) is 0.0545. The molecule has 1 rings (SSSR count). The first kappa shape index (κ1) is 13.1. The molecule has 0 aromatic carbocycles. The van der Waals surface area contributed by atoms with Gasteiger partial charge in [0.1, 0.15) is 17.9 Å². The van der Waals surface area contributed by atoms with Crippen LogP contribution in [0.4, 0.5) is 0 Å². The molecule has 0 fully saturated rings. The number of carbonyl (C=O) groups excluding carboxylic acids is 1. The predicted octanol–water partition coefficient (Wildman–Crippen LogP) is -0.0893. The van der Waals surface area contributed by atoms with Gasteiger partial charge in [-0.1, -0.05) is 6.07 Å². The topological polar surface area (TPSA) is 103 Å². The zero-order valence-corrected chi connectivity index (χ0v) is 9.20. The van der Waals surface area contributed by atoms with Crippen LogP contribution in [0, 0.1) is 11.3 Å². The predicted molar refractivity (Wildman–Crippen MR) is 56.6 cm³/mol.